The van der Waals surface area contributed by atoms with Crippen molar-refractivity contribution in [3.63, 3.8) is 0 Å². The Bertz CT molecular complexity index is 1050. The molecule has 3 aromatic rings. The highest BCUT2D eigenvalue weighted by Crippen LogP contribution is 2.37. The van der Waals surface area contributed by atoms with Crippen molar-refractivity contribution in [1.29, 1.82) is 0 Å². The van der Waals surface area contributed by atoms with E-state index in [-0.39, 0.29) is 22.4 Å². The molecule has 26 heavy (non-hydrogen) atoms. The van der Waals surface area contributed by atoms with Crippen molar-refractivity contribution in [2.75, 3.05) is 5.73 Å². The van der Waals surface area contributed by atoms with Crippen LogP contribution in [-0.2, 0) is 12.8 Å². The molecule has 0 fully saturated rings. The Hall–Kier alpha value is -2.83. The van der Waals surface area contributed by atoms with Crippen LogP contribution in [0, 0.1) is 11.2 Å². The van der Waals surface area contributed by atoms with Crippen LogP contribution in [0.25, 0.3) is 16.6 Å². The zero-order chi connectivity index (χ0) is 18.6. The number of nitrogens with zero attached hydrogens (tertiary/aromatic N) is 4. The topological polar surface area (TPSA) is 86.7 Å². The Labute approximate surface area is 150 Å². The van der Waals surface area contributed by atoms with E-state index < -0.39 is 5.82 Å². The molecule has 0 spiro atoms. The van der Waals surface area contributed by atoms with Gasteiger partial charge < -0.3 is 5.73 Å². The largest absolute Gasteiger partial charge is 0.383 e. The first kappa shape index (κ1) is 16.6. The molecular weight excluding hydrogens is 333 g/mol. The van der Waals surface area contributed by atoms with E-state index in [2.05, 4.69) is 28.9 Å². The van der Waals surface area contributed by atoms with Crippen LogP contribution in [0.5, 0.6) is 0 Å². The second-order valence-electron chi connectivity index (χ2n) is 7.56. The smallest absolute Gasteiger partial charge is 0.167 e. The quantitative estimate of drug-likeness (QED) is 0.764. The monoisotopic (exact) mass is 353 g/mol. The summed E-state index contributed by atoms with van der Waals surface area (Å²) >= 11 is 0. The molecular formula is C19H20FN5O. The summed E-state index contributed by atoms with van der Waals surface area (Å²) < 4.78 is 16.4. The first-order valence-corrected chi connectivity index (χ1v) is 8.65. The maximum absolute atomic E-state index is 14.7. The molecule has 0 unspecified atom stereocenters. The number of rotatable bonds is 2. The number of ketones is 1. The van der Waals surface area contributed by atoms with Gasteiger partial charge in [-0.25, -0.2) is 19.0 Å². The van der Waals surface area contributed by atoms with E-state index in [0.29, 0.717) is 36.0 Å². The van der Waals surface area contributed by atoms with E-state index in [1.807, 2.05) is 6.92 Å². The van der Waals surface area contributed by atoms with Gasteiger partial charge in [0, 0.05) is 12.5 Å². The molecule has 0 atom stereocenters. The molecule has 0 aliphatic heterocycles. The fraction of sp³-hybridized carbons (Fsp3) is 0.368. The average Bonchev–Trinajstić information content (AvgIpc) is 2.92. The summed E-state index contributed by atoms with van der Waals surface area (Å²) in [5, 5.41) is 4.82. The minimum atomic E-state index is -0.501. The lowest BCUT2D eigenvalue weighted by Crippen LogP contribution is -2.28. The molecule has 6 nitrogen and oxygen atoms in total. The van der Waals surface area contributed by atoms with Crippen molar-refractivity contribution in [3.05, 3.63) is 41.2 Å². The van der Waals surface area contributed by atoms with Crippen LogP contribution in [0.4, 0.5) is 10.2 Å². The van der Waals surface area contributed by atoms with E-state index in [9.17, 15) is 9.18 Å². The number of carbonyl (C=O) groups is 1. The number of benzene rings is 1. The van der Waals surface area contributed by atoms with Crippen LogP contribution < -0.4 is 5.73 Å². The van der Waals surface area contributed by atoms with Gasteiger partial charge in [-0.3, -0.25) is 4.79 Å². The van der Waals surface area contributed by atoms with Gasteiger partial charge in [0.05, 0.1) is 33.5 Å². The minimum absolute atomic E-state index is 0.104. The van der Waals surface area contributed by atoms with E-state index in [1.165, 1.54) is 12.4 Å². The van der Waals surface area contributed by atoms with Crippen LogP contribution in [-0.4, -0.2) is 25.5 Å². The third kappa shape index (κ3) is 2.46. The third-order valence-corrected chi connectivity index (χ3v) is 4.90. The molecule has 1 aliphatic rings. The standard InChI is InChI=1S/C19H20FN5O/c1-4-12-17-14(7-19(2,3)8-15(17)26)25(24-12)10-5-11(20)16-13(6-10)22-9-23-18(16)21/h5-6,9H,4,7-8H2,1-3H3,(H2,21,22,23). The van der Waals surface area contributed by atoms with Gasteiger partial charge in [0.15, 0.2) is 5.78 Å². The number of hydrogen-bond donors (Lipinski definition) is 1. The number of halogens is 1. The van der Waals surface area contributed by atoms with Gasteiger partial charge >= 0.3 is 0 Å². The SMILES string of the molecule is CCc1nn(-c2cc(F)c3c(N)ncnc3c2)c2c1C(=O)CC(C)(C)C2. The van der Waals surface area contributed by atoms with E-state index in [4.69, 9.17) is 5.73 Å². The van der Waals surface area contributed by atoms with Gasteiger partial charge in [0.2, 0.25) is 0 Å². The van der Waals surface area contributed by atoms with E-state index in [1.54, 1.807) is 10.7 Å². The van der Waals surface area contributed by atoms with Gasteiger partial charge in [0.1, 0.15) is 18.0 Å². The fourth-order valence-electron chi connectivity index (χ4n) is 3.76. The molecule has 2 heterocycles. The van der Waals surface area contributed by atoms with Crippen molar-refractivity contribution in [3.8, 4) is 5.69 Å². The highest BCUT2D eigenvalue weighted by atomic mass is 19.1. The number of aryl methyl sites for hydroxylation is 1. The molecule has 7 heteroatoms. The number of anilines is 1. The summed E-state index contributed by atoms with van der Waals surface area (Å²) in [7, 11) is 0. The molecule has 2 N–H and O–H groups in total. The fourth-order valence-corrected chi connectivity index (χ4v) is 3.76. The molecule has 0 saturated carbocycles. The van der Waals surface area contributed by atoms with Crippen molar-refractivity contribution >= 4 is 22.5 Å². The molecule has 0 saturated heterocycles. The number of aromatic nitrogens is 4. The molecule has 4 rings (SSSR count). The molecule has 0 amide bonds. The average molecular weight is 353 g/mol. The predicted octanol–water partition coefficient (Wildman–Crippen LogP) is 3.25. The Morgan fingerprint density at radius 3 is 2.77 bits per heavy atom. The first-order valence-electron chi connectivity index (χ1n) is 8.65. The number of nitrogen functional groups attached to an aromatic ring is 1. The van der Waals surface area contributed by atoms with Crippen molar-refractivity contribution in [2.45, 2.75) is 40.0 Å². The first-order chi connectivity index (χ1) is 12.3. The van der Waals surface area contributed by atoms with Crippen molar-refractivity contribution in [1.82, 2.24) is 19.7 Å². The number of carbonyl (C=O) groups excluding carboxylic acids is 1. The molecule has 0 bridgehead atoms. The van der Waals surface area contributed by atoms with Gasteiger partial charge in [-0.15, -0.1) is 0 Å². The zero-order valence-corrected chi connectivity index (χ0v) is 15.0. The van der Waals surface area contributed by atoms with Gasteiger partial charge in [-0.2, -0.15) is 5.10 Å². The number of nitrogens with two attached hydrogens (primary N) is 1. The normalized spacial score (nSPS) is 16.1. The van der Waals surface area contributed by atoms with Gasteiger partial charge in [0.25, 0.3) is 0 Å². The summed E-state index contributed by atoms with van der Waals surface area (Å²) in [5.41, 5.74) is 8.85. The summed E-state index contributed by atoms with van der Waals surface area (Å²) in [6.45, 7) is 6.09. The lowest BCUT2D eigenvalue weighted by atomic mass is 9.75. The van der Waals surface area contributed by atoms with Crippen LogP contribution in [0.2, 0.25) is 0 Å². The molecule has 1 aliphatic carbocycles. The lowest BCUT2D eigenvalue weighted by molar-refractivity contribution is 0.0910. The second-order valence-corrected chi connectivity index (χ2v) is 7.56. The van der Waals surface area contributed by atoms with Gasteiger partial charge in [-0.05, 0) is 24.3 Å². The lowest BCUT2D eigenvalue weighted by Gasteiger charge is -2.29. The maximum atomic E-state index is 14.7. The Balaban J connectivity index is 1.98. The molecule has 2 aromatic heterocycles. The number of Topliss-reactive ketones (excluding diaryl/α,β-unsaturated/α-hetero) is 1. The molecule has 0 radical (unpaired) electrons. The van der Waals surface area contributed by atoms with Crippen LogP contribution in [0.1, 0.15) is 48.9 Å². The Kier molecular flexibility index (Phi) is 3.57. The summed E-state index contributed by atoms with van der Waals surface area (Å²) in [6, 6.07) is 3.11. The van der Waals surface area contributed by atoms with E-state index in [0.717, 1.165) is 11.4 Å². The molecule has 1 aromatic carbocycles. The van der Waals surface area contributed by atoms with Crippen molar-refractivity contribution in [2.24, 2.45) is 5.41 Å². The van der Waals surface area contributed by atoms with Crippen LogP contribution in [0.15, 0.2) is 18.5 Å². The summed E-state index contributed by atoms with van der Waals surface area (Å²) in [6.07, 6.45) is 3.15. The highest BCUT2D eigenvalue weighted by molar-refractivity contribution is 6.00. The zero-order valence-electron chi connectivity index (χ0n) is 15.0. The molecule has 134 valence electrons. The Morgan fingerprint density at radius 1 is 1.27 bits per heavy atom. The summed E-state index contributed by atoms with van der Waals surface area (Å²) in [5.74, 6) is -0.293. The minimum Gasteiger partial charge on any atom is -0.383 e. The third-order valence-electron chi connectivity index (χ3n) is 4.90. The van der Waals surface area contributed by atoms with Crippen molar-refractivity contribution < 1.29 is 9.18 Å². The van der Waals surface area contributed by atoms with E-state index >= 15 is 0 Å². The van der Waals surface area contributed by atoms with Crippen LogP contribution >= 0.6 is 0 Å². The Morgan fingerprint density at radius 2 is 2.04 bits per heavy atom. The second kappa shape index (κ2) is 5.59. The highest BCUT2D eigenvalue weighted by Gasteiger charge is 2.36. The number of hydrogen-bond acceptors (Lipinski definition) is 5. The van der Waals surface area contributed by atoms with Crippen LogP contribution in [0.3, 0.4) is 0 Å². The predicted molar refractivity (Wildman–Crippen MR) is 96.8 cm³/mol. The summed E-state index contributed by atoms with van der Waals surface area (Å²) in [4.78, 5) is 20.7. The number of fused-ring (bicyclic) bond motifs is 2. The van der Waals surface area contributed by atoms with Gasteiger partial charge in [-0.1, -0.05) is 20.8 Å². The maximum Gasteiger partial charge on any atom is 0.167 e.